The summed E-state index contributed by atoms with van der Waals surface area (Å²) < 4.78 is 5.55. The molecular formula is C19H16N4O4. The van der Waals surface area contributed by atoms with Crippen molar-refractivity contribution in [3.05, 3.63) is 82.6 Å². The maximum absolute atomic E-state index is 11.8. The molecule has 0 radical (unpaired) electrons. The van der Waals surface area contributed by atoms with Crippen molar-refractivity contribution < 1.29 is 14.1 Å². The van der Waals surface area contributed by atoms with Crippen molar-refractivity contribution in [3.8, 4) is 11.3 Å². The summed E-state index contributed by atoms with van der Waals surface area (Å²) in [5, 5.41) is 17.9. The molecule has 3 aromatic rings. The second kappa shape index (κ2) is 8.43. The molecule has 8 heteroatoms. The Labute approximate surface area is 154 Å². The number of benzene rings is 2. The molecule has 1 amide bonds. The molecule has 8 nitrogen and oxygen atoms in total. The molecule has 136 valence electrons. The van der Waals surface area contributed by atoms with Gasteiger partial charge in [-0.3, -0.25) is 14.9 Å². The number of carbonyl (C=O) groups excluding carboxylic acids is 1. The number of nitro benzene ring substituents is 1. The molecule has 2 aromatic carbocycles. The minimum absolute atomic E-state index is 0.0457. The van der Waals surface area contributed by atoms with E-state index in [-0.39, 0.29) is 18.1 Å². The number of amides is 1. The van der Waals surface area contributed by atoms with Gasteiger partial charge in [-0.05, 0) is 30.3 Å². The molecule has 1 aromatic heterocycles. The zero-order valence-electron chi connectivity index (χ0n) is 14.2. The van der Waals surface area contributed by atoms with Crippen LogP contribution >= 0.6 is 0 Å². The molecule has 0 aliphatic heterocycles. The molecule has 0 bridgehead atoms. The summed E-state index contributed by atoms with van der Waals surface area (Å²) in [6.07, 6.45) is 1.33. The lowest BCUT2D eigenvalue weighted by atomic mass is 10.1. The van der Waals surface area contributed by atoms with Crippen LogP contribution in [0.2, 0.25) is 0 Å². The third-order valence-corrected chi connectivity index (χ3v) is 3.60. The van der Waals surface area contributed by atoms with Crippen LogP contribution in [0.25, 0.3) is 11.3 Å². The van der Waals surface area contributed by atoms with Crippen molar-refractivity contribution in [2.75, 3.05) is 11.9 Å². The molecule has 0 saturated carbocycles. The molecule has 2 N–H and O–H groups in total. The number of rotatable bonds is 7. The Bertz CT molecular complexity index is 967. The quantitative estimate of drug-likeness (QED) is 0.379. The third kappa shape index (κ3) is 4.79. The summed E-state index contributed by atoms with van der Waals surface area (Å²) >= 11 is 0. The topological polar surface area (TPSA) is 110 Å². The van der Waals surface area contributed by atoms with Crippen molar-refractivity contribution in [3.63, 3.8) is 0 Å². The van der Waals surface area contributed by atoms with Gasteiger partial charge in [0.1, 0.15) is 11.5 Å². The highest BCUT2D eigenvalue weighted by Crippen LogP contribution is 2.30. The van der Waals surface area contributed by atoms with Gasteiger partial charge in [-0.25, -0.2) is 5.43 Å². The molecule has 0 spiro atoms. The number of nitro groups is 1. The fraction of sp³-hybridized carbons (Fsp3) is 0.0526. The molecular weight excluding hydrogens is 348 g/mol. The van der Waals surface area contributed by atoms with Crippen molar-refractivity contribution in [1.29, 1.82) is 0 Å². The first-order valence-corrected chi connectivity index (χ1v) is 8.08. The first-order chi connectivity index (χ1) is 13.1. The van der Waals surface area contributed by atoms with Gasteiger partial charge in [-0.15, -0.1) is 0 Å². The number of nitrogens with zero attached hydrogens (tertiary/aromatic N) is 2. The largest absolute Gasteiger partial charge is 0.455 e. The normalized spacial score (nSPS) is 10.7. The third-order valence-electron chi connectivity index (χ3n) is 3.60. The fourth-order valence-electron chi connectivity index (χ4n) is 2.35. The number of para-hydroxylation sites is 2. The predicted octanol–water partition coefficient (Wildman–Crippen LogP) is 3.42. The van der Waals surface area contributed by atoms with Gasteiger partial charge < -0.3 is 9.73 Å². The van der Waals surface area contributed by atoms with E-state index in [4.69, 9.17) is 4.42 Å². The summed E-state index contributed by atoms with van der Waals surface area (Å²) in [5.41, 5.74) is 3.54. The molecule has 1 heterocycles. The van der Waals surface area contributed by atoms with Crippen LogP contribution in [0.4, 0.5) is 11.4 Å². The van der Waals surface area contributed by atoms with Crippen LogP contribution in [0, 0.1) is 10.1 Å². The second-order valence-corrected chi connectivity index (χ2v) is 5.49. The van der Waals surface area contributed by atoms with E-state index < -0.39 is 4.92 Å². The standard InChI is InChI=1S/C19H16N4O4/c24-19(13-20-14-6-2-1-3-7-14)22-21-12-15-10-11-18(27-15)16-8-4-5-9-17(16)23(25)26/h1-12,20H,13H2,(H,22,24)/b21-12+. The van der Waals surface area contributed by atoms with E-state index in [1.165, 1.54) is 12.3 Å². The van der Waals surface area contributed by atoms with Crippen molar-refractivity contribution in [1.82, 2.24) is 5.43 Å². The van der Waals surface area contributed by atoms with Gasteiger partial charge in [-0.2, -0.15) is 5.10 Å². The number of nitrogens with one attached hydrogen (secondary N) is 2. The van der Waals surface area contributed by atoms with Crippen molar-refractivity contribution in [2.24, 2.45) is 5.10 Å². The Hall–Kier alpha value is -3.94. The van der Waals surface area contributed by atoms with Gasteiger partial charge >= 0.3 is 0 Å². The smallest absolute Gasteiger partial charge is 0.280 e. The summed E-state index contributed by atoms with van der Waals surface area (Å²) in [6.45, 7) is 0.0704. The Balaban J connectivity index is 1.58. The van der Waals surface area contributed by atoms with Crippen LogP contribution in [0.15, 0.2) is 76.2 Å². The van der Waals surface area contributed by atoms with E-state index in [0.29, 0.717) is 17.1 Å². The van der Waals surface area contributed by atoms with Crippen LogP contribution in [0.1, 0.15) is 5.76 Å². The highest BCUT2D eigenvalue weighted by atomic mass is 16.6. The van der Waals surface area contributed by atoms with Crippen molar-refractivity contribution in [2.45, 2.75) is 0 Å². The average molecular weight is 364 g/mol. The SMILES string of the molecule is O=C(CNc1ccccc1)N/N=C/c1ccc(-c2ccccc2[N+](=O)[O-])o1. The van der Waals surface area contributed by atoms with Gasteiger partial charge in [0.25, 0.3) is 11.6 Å². The van der Waals surface area contributed by atoms with E-state index in [9.17, 15) is 14.9 Å². The van der Waals surface area contributed by atoms with E-state index in [1.54, 1.807) is 30.3 Å². The number of furan rings is 1. The molecule has 0 aliphatic carbocycles. The van der Waals surface area contributed by atoms with Gasteiger partial charge in [0.2, 0.25) is 0 Å². The first-order valence-electron chi connectivity index (χ1n) is 8.08. The van der Waals surface area contributed by atoms with E-state index >= 15 is 0 Å². The van der Waals surface area contributed by atoms with Crippen LogP contribution in [0.3, 0.4) is 0 Å². The summed E-state index contributed by atoms with van der Waals surface area (Å²) in [6, 6.07) is 18.8. The molecule has 27 heavy (non-hydrogen) atoms. The second-order valence-electron chi connectivity index (χ2n) is 5.49. The maximum atomic E-state index is 11.8. The molecule has 0 aliphatic rings. The number of hydrogen-bond acceptors (Lipinski definition) is 6. The van der Waals surface area contributed by atoms with E-state index in [2.05, 4.69) is 15.8 Å². The minimum Gasteiger partial charge on any atom is -0.455 e. The molecule has 0 atom stereocenters. The summed E-state index contributed by atoms with van der Waals surface area (Å²) in [7, 11) is 0. The van der Waals surface area contributed by atoms with Crippen LogP contribution in [-0.2, 0) is 4.79 Å². The first kappa shape index (κ1) is 17.9. The Kier molecular flexibility index (Phi) is 5.58. The Morgan fingerprint density at radius 2 is 1.81 bits per heavy atom. The number of hydrogen-bond donors (Lipinski definition) is 2. The summed E-state index contributed by atoms with van der Waals surface area (Å²) in [4.78, 5) is 22.4. The minimum atomic E-state index is -0.467. The Morgan fingerprint density at radius 3 is 2.59 bits per heavy atom. The fourth-order valence-corrected chi connectivity index (χ4v) is 2.35. The van der Waals surface area contributed by atoms with Gasteiger partial charge in [0.05, 0.1) is 23.2 Å². The monoisotopic (exact) mass is 364 g/mol. The lowest BCUT2D eigenvalue weighted by Crippen LogP contribution is -2.25. The summed E-state index contributed by atoms with van der Waals surface area (Å²) in [5.74, 6) is 0.390. The number of carbonyl (C=O) groups is 1. The Morgan fingerprint density at radius 1 is 1.07 bits per heavy atom. The van der Waals surface area contributed by atoms with E-state index in [1.807, 2.05) is 30.3 Å². The van der Waals surface area contributed by atoms with Gasteiger partial charge in [0, 0.05) is 11.8 Å². The number of hydrazone groups is 1. The molecule has 3 rings (SSSR count). The van der Waals surface area contributed by atoms with Crippen LogP contribution in [-0.4, -0.2) is 23.6 Å². The van der Waals surface area contributed by atoms with Crippen LogP contribution < -0.4 is 10.7 Å². The zero-order valence-corrected chi connectivity index (χ0v) is 14.2. The molecule has 0 unspecified atom stereocenters. The lowest BCUT2D eigenvalue weighted by Gasteiger charge is -2.04. The molecule has 0 fully saturated rings. The van der Waals surface area contributed by atoms with Crippen molar-refractivity contribution >= 4 is 23.5 Å². The van der Waals surface area contributed by atoms with E-state index in [0.717, 1.165) is 5.69 Å². The maximum Gasteiger partial charge on any atom is 0.280 e. The highest BCUT2D eigenvalue weighted by Gasteiger charge is 2.16. The van der Waals surface area contributed by atoms with Gasteiger partial charge in [0.15, 0.2) is 0 Å². The average Bonchev–Trinajstić information content (AvgIpc) is 3.16. The molecule has 0 saturated heterocycles. The zero-order chi connectivity index (χ0) is 19.1. The predicted molar refractivity (Wildman–Crippen MR) is 101 cm³/mol. The highest BCUT2D eigenvalue weighted by molar-refractivity contribution is 5.83. The number of anilines is 1. The lowest BCUT2D eigenvalue weighted by molar-refractivity contribution is -0.384. The van der Waals surface area contributed by atoms with Crippen LogP contribution in [0.5, 0.6) is 0 Å². The van der Waals surface area contributed by atoms with Gasteiger partial charge in [-0.1, -0.05) is 30.3 Å².